The fourth-order valence-corrected chi connectivity index (χ4v) is 1.88. The maximum Gasteiger partial charge on any atom is 0.239 e. The quantitative estimate of drug-likeness (QED) is 0.740. The predicted octanol–water partition coefficient (Wildman–Crippen LogP) is 1.80. The summed E-state index contributed by atoms with van der Waals surface area (Å²) in [6.45, 7) is 10.6. The van der Waals surface area contributed by atoms with Gasteiger partial charge in [0.05, 0.1) is 6.54 Å². The molecule has 0 aliphatic carbocycles. The minimum Gasteiger partial charge on any atom is -0.352 e. The number of nitrogens with zero attached hydrogens (tertiary/aromatic N) is 1. The van der Waals surface area contributed by atoms with E-state index in [9.17, 15) is 9.59 Å². The highest BCUT2D eigenvalue weighted by molar-refractivity contribution is 5.83. The fourth-order valence-electron chi connectivity index (χ4n) is 1.88. The third-order valence-corrected chi connectivity index (χ3v) is 2.51. The van der Waals surface area contributed by atoms with Crippen LogP contribution in [0.4, 0.5) is 0 Å². The molecule has 0 unspecified atom stereocenters. The van der Waals surface area contributed by atoms with Crippen molar-refractivity contribution in [2.45, 2.75) is 53.5 Å². The van der Waals surface area contributed by atoms with Crippen LogP contribution in [0.2, 0.25) is 0 Å². The number of rotatable bonds is 7. The molecule has 0 aromatic heterocycles. The molecular formula is C13H26N2O2. The fraction of sp³-hybridized carbons (Fsp3) is 0.846. The molecule has 0 aromatic carbocycles. The molecule has 4 heteroatoms. The summed E-state index contributed by atoms with van der Waals surface area (Å²) in [5, 5.41) is 2.92. The van der Waals surface area contributed by atoms with Gasteiger partial charge in [-0.3, -0.25) is 9.59 Å². The Morgan fingerprint density at radius 3 is 2.24 bits per heavy atom. The topological polar surface area (TPSA) is 49.4 Å². The van der Waals surface area contributed by atoms with Gasteiger partial charge < -0.3 is 10.2 Å². The van der Waals surface area contributed by atoms with E-state index in [1.165, 1.54) is 6.92 Å². The molecule has 0 bridgehead atoms. The molecule has 0 saturated heterocycles. The summed E-state index contributed by atoms with van der Waals surface area (Å²) >= 11 is 0. The normalized spacial score (nSPS) is 12.4. The van der Waals surface area contributed by atoms with E-state index in [0.717, 1.165) is 12.8 Å². The molecule has 2 amide bonds. The molecule has 100 valence electrons. The first-order chi connectivity index (χ1) is 7.86. The summed E-state index contributed by atoms with van der Waals surface area (Å²) in [6.07, 6.45) is 1.83. The summed E-state index contributed by atoms with van der Waals surface area (Å²) in [5.41, 5.74) is 0. The van der Waals surface area contributed by atoms with Crippen molar-refractivity contribution in [1.29, 1.82) is 0 Å². The lowest BCUT2D eigenvalue weighted by Crippen LogP contribution is -2.43. The van der Waals surface area contributed by atoms with E-state index in [1.54, 1.807) is 4.90 Å². The van der Waals surface area contributed by atoms with Gasteiger partial charge in [-0.25, -0.2) is 0 Å². The van der Waals surface area contributed by atoms with E-state index >= 15 is 0 Å². The van der Waals surface area contributed by atoms with Gasteiger partial charge in [-0.05, 0) is 25.7 Å². The zero-order chi connectivity index (χ0) is 13.4. The van der Waals surface area contributed by atoms with Gasteiger partial charge in [0.2, 0.25) is 11.8 Å². The van der Waals surface area contributed by atoms with Crippen molar-refractivity contribution in [3.63, 3.8) is 0 Å². The first-order valence-electron chi connectivity index (χ1n) is 6.41. The Morgan fingerprint density at radius 2 is 1.82 bits per heavy atom. The lowest BCUT2D eigenvalue weighted by molar-refractivity contribution is -0.134. The number of nitrogens with one attached hydrogen (secondary N) is 1. The second-order valence-electron chi connectivity index (χ2n) is 5.04. The van der Waals surface area contributed by atoms with Crippen molar-refractivity contribution in [2.24, 2.45) is 5.92 Å². The first kappa shape index (κ1) is 15.9. The Balaban J connectivity index is 4.09. The summed E-state index contributed by atoms with van der Waals surface area (Å²) in [7, 11) is 0. The molecule has 0 spiro atoms. The van der Waals surface area contributed by atoms with Gasteiger partial charge in [0.25, 0.3) is 0 Å². The van der Waals surface area contributed by atoms with Crippen molar-refractivity contribution in [3.8, 4) is 0 Å². The first-order valence-corrected chi connectivity index (χ1v) is 6.41. The lowest BCUT2D eigenvalue weighted by Gasteiger charge is -2.22. The lowest BCUT2D eigenvalue weighted by atomic mass is 10.1. The summed E-state index contributed by atoms with van der Waals surface area (Å²) < 4.78 is 0. The SMILES string of the molecule is CCCN(CC(=O)N[C@H](C)CC(C)C)C(C)=O. The van der Waals surface area contributed by atoms with Crippen LogP contribution in [0, 0.1) is 5.92 Å². The van der Waals surface area contributed by atoms with Gasteiger partial charge in [-0.2, -0.15) is 0 Å². The molecule has 0 aliphatic heterocycles. The summed E-state index contributed by atoms with van der Waals surface area (Å²) in [4.78, 5) is 24.6. The van der Waals surface area contributed by atoms with E-state index in [2.05, 4.69) is 19.2 Å². The van der Waals surface area contributed by atoms with Gasteiger partial charge in [-0.1, -0.05) is 20.8 Å². The van der Waals surface area contributed by atoms with Crippen LogP contribution in [0.15, 0.2) is 0 Å². The monoisotopic (exact) mass is 242 g/mol. The Bertz CT molecular complexity index is 252. The second kappa shape index (κ2) is 8.09. The average molecular weight is 242 g/mol. The molecule has 1 N–H and O–H groups in total. The van der Waals surface area contributed by atoms with Gasteiger partial charge in [0.15, 0.2) is 0 Å². The van der Waals surface area contributed by atoms with Gasteiger partial charge in [0.1, 0.15) is 0 Å². The van der Waals surface area contributed by atoms with Crippen LogP contribution in [-0.2, 0) is 9.59 Å². The van der Waals surface area contributed by atoms with Crippen LogP contribution in [-0.4, -0.2) is 35.8 Å². The second-order valence-corrected chi connectivity index (χ2v) is 5.04. The average Bonchev–Trinajstić information content (AvgIpc) is 2.14. The molecule has 0 radical (unpaired) electrons. The van der Waals surface area contributed by atoms with Crippen LogP contribution in [0.1, 0.15) is 47.5 Å². The van der Waals surface area contributed by atoms with Crippen LogP contribution in [0.3, 0.4) is 0 Å². The van der Waals surface area contributed by atoms with Gasteiger partial charge in [-0.15, -0.1) is 0 Å². The Labute approximate surface area is 105 Å². The van der Waals surface area contributed by atoms with Crippen molar-refractivity contribution >= 4 is 11.8 Å². The third kappa shape index (κ3) is 7.77. The number of hydrogen-bond acceptors (Lipinski definition) is 2. The largest absolute Gasteiger partial charge is 0.352 e. The molecule has 0 aliphatic rings. The molecular weight excluding hydrogens is 216 g/mol. The van der Waals surface area contributed by atoms with Crippen molar-refractivity contribution < 1.29 is 9.59 Å². The third-order valence-electron chi connectivity index (χ3n) is 2.51. The van der Waals surface area contributed by atoms with Crippen LogP contribution in [0.25, 0.3) is 0 Å². The number of carbonyl (C=O) groups is 2. The Hall–Kier alpha value is -1.06. The molecule has 1 atom stereocenters. The number of hydrogen-bond donors (Lipinski definition) is 1. The minimum atomic E-state index is -0.0678. The smallest absolute Gasteiger partial charge is 0.239 e. The zero-order valence-electron chi connectivity index (χ0n) is 11.7. The highest BCUT2D eigenvalue weighted by atomic mass is 16.2. The summed E-state index contributed by atoms with van der Waals surface area (Å²) in [6, 6.07) is 0.165. The van der Waals surface area contributed by atoms with E-state index in [0.29, 0.717) is 12.5 Å². The summed E-state index contributed by atoms with van der Waals surface area (Å²) in [5.74, 6) is 0.449. The standard InChI is InChI=1S/C13H26N2O2/c1-6-7-15(12(5)16)9-13(17)14-11(4)8-10(2)3/h10-11H,6-9H2,1-5H3,(H,14,17)/t11-/m1/s1. The number of amides is 2. The highest BCUT2D eigenvalue weighted by Gasteiger charge is 2.14. The van der Waals surface area contributed by atoms with Crippen LogP contribution >= 0.6 is 0 Å². The van der Waals surface area contributed by atoms with Gasteiger partial charge >= 0.3 is 0 Å². The van der Waals surface area contributed by atoms with Crippen LogP contribution < -0.4 is 5.32 Å². The maximum atomic E-state index is 11.7. The molecule has 0 heterocycles. The van der Waals surface area contributed by atoms with E-state index in [-0.39, 0.29) is 24.4 Å². The maximum absolute atomic E-state index is 11.7. The van der Waals surface area contributed by atoms with E-state index in [4.69, 9.17) is 0 Å². The molecule has 4 nitrogen and oxygen atoms in total. The minimum absolute atomic E-state index is 0.0430. The van der Waals surface area contributed by atoms with Gasteiger partial charge in [0, 0.05) is 19.5 Å². The predicted molar refractivity (Wildman–Crippen MR) is 69.6 cm³/mol. The highest BCUT2D eigenvalue weighted by Crippen LogP contribution is 2.03. The van der Waals surface area contributed by atoms with Crippen molar-refractivity contribution in [3.05, 3.63) is 0 Å². The zero-order valence-corrected chi connectivity index (χ0v) is 11.7. The molecule has 0 rings (SSSR count). The number of carbonyl (C=O) groups excluding carboxylic acids is 2. The molecule has 0 aromatic rings. The molecule has 17 heavy (non-hydrogen) atoms. The Morgan fingerprint density at radius 1 is 1.24 bits per heavy atom. The van der Waals surface area contributed by atoms with E-state index in [1.807, 2.05) is 13.8 Å². The molecule has 0 saturated carbocycles. The molecule has 0 fully saturated rings. The van der Waals surface area contributed by atoms with Crippen molar-refractivity contribution in [1.82, 2.24) is 10.2 Å². The van der Waals surface area contributed by atoms with Crippen LogP contribution in [0.5, 0.6) is 0 Å². The Kier molecular flexibility index (Phi) is 7.59. The van der Waals surface area contributed by atoms with E-state index < -0.39 is 0 Å². The van der Waals surface area contributed by atoms with Crippen molar-refractivity contribution in [2.75, 3.05) is 13.1 Å².